The highest BCUT2D eigenvalue weighted by Crippen LogP contribution is 2.36. The number of nitrogens with zero attached hydrogens (tertiary/aromatic N) is 11. The first-order valence-corrected chi connectivity index (χ1v) is 48.2. The number of phenols is 3. The number of nitro groups is 1. The van der Waals surface area contributed by atoms with Gasteiger partial charge in [-0.25, -0.2) is 24.5 Å². The Morgan fingerprint density at radius 1 is 0.434 bits per heavy atom. The van der Waals surface area contributed by atoms with Crippen LogP contribution in [0.15, 0.2) is 228 Å². The van der Waals surface area contributed by atoms with E-state index in [2.05, 4.69) is 178 Å². The number of halogens is 1. The van der Waals surface area contributed by atoms with Gasteiger partial charge in [0.25, 0.3) is 10.2 Å². The molecule has 0 saturated carbocycles. The molecule has 8 heterocycles. The normalized spacial score (nSPS) is 11.2. The molecule has 0 unspecified atom stereocenters. The maximum Gasteiger partial charge on any atom is 0.338 e. The number of nitrogens with two attached hydrogens (primary N) is 1. The number of unbranched alkanes of at least 4 members (excludes halogenated alkanes) is 1. The molecule has 0 aliphatic carbocycles. The van der Waals surface area contributed by atoms with Crippen molar-refractivity contribution >= 4 is 177 Å². The Balaban J connectivity index is 0.000000151. The number of ketones is 1. The summed E-state index contributed by atoms with van der Waals surface area (Å²) in [5, 5.41) is 56.6. The number of anilines is 7. The Morgan fingerprint density at radius 3 is 1.19 bits per heavy atom. The predicted octanol–water partition coefficient (Wildman–Crippen LogP) is 29.2. The van der Waals surface area contributed by atoms with Gasteiger partial charge in [-0.2, -0.15) is 19.9 Å². The molecule has 10 N–H and O–H groups in total. The zero-order chi connectivity index (χ0) is 104. The number of phenolic OH excluding ortho intramolecular Hbond substituents is 3. The minimum atomic E-state index is -0.980. The average Bonchev–Trinajstić information content (AvgIpc) is 1.64. The number of benzene rings is 11. The van der Waals surface area contributed by atoms with E-state index in [-0.39, 0.29) is 45.8 Å². The van der Waals surface area contributed by atoms with Crippen LogP contribution in [0.2, 0.25) is 5.35 Å². The fraction of sp³-hybridized carbons (Fsp3) is 0.300. The number of oxazole rings is 5. The van der Waals surface area contributed by atoms with Crippen LogP contribution in [0, 0.1) is 15.0 Å². The molecular weight excluding hydrogens is 1850 g/mol. The van der Waals surface area contributed by atoms with Gasteiger partial charge in [0.2, 0.25) is 17.8 Å². The van der Waals surface area contributed by atoms with E-state index >= 15 is 0 Å². The van der Waals surface area contributed by atoms with Crippen molar-refractivity contribution in [3.63, 3.8) is 0 Å². The number of aromatic carboxylic acids is 1. The third kappa shape index (κ3) is 27.3. The minimum Gasteiger partial charge on any atom is -0.508 e. The number of carboxylic acid groups (broad SMARTS) is 1. The first-order valence-electron chi connectivity index (χ1n) is 47.4. The number of hydrogen-bond acceptors (Lipinski definition) is 26. The Hall–Kier alpha value is -15.7. The van der Waals surface area contributed by atoms with Gasteiger partial charge in [0.05, 0.1) is 67.0 Å². The second-order valence-electron chi connectivity index (χ2n) is 36.9. The van der Waals surface area contributed by atoms with E-state index in [1.807, 2.05) is 164 Å². The monoisotopic (exact) mass is 1970 g/mol. The van der Waals surface area contributed by atoms with Crippen LogP contribution in [0.3, 0.4) is 0 Å². The maximum atomic E-state index is 12.3. The number of aryl methyl sites for hydroxylation is 3. The number of aromatic nitrogens is 11. The van der Waals surface area contributed by atoms with Crippen LogP contribution in [-0.4, -0.2) is 103 Å². The Morgan fingerprint density at radius 2 is 0.797 bits per heavy atom. The second-order valence-corrected chi connectivity index (χ2v) is 37.6. The quantitative estimate of drug-likeness (QED) is 0.00579. The first-order chi connectivity index (χ1) is 68.0. The topological polar surface area (TPSA) is 433 Å². The van der Waals surface area contributed by atoms with E-state index in [0.717, 1.165) is 96.0 Å². The standard InChI is InChI=1S/C23H26N4O2.C21H22N4O3.C19H18N4O3.C10H10ClNO.C10H11NOS.C9H11NO3.C9H13NO.C9H12O/c1-5-6-7-20(28)16-9-11-19-18(12-16)24-22(27(19)4)26-23-25-17-10-8-15(14(2)3)13-21(17)29-23;1-5-27-19(26)14-7-9-17-16(10-14)22-20(25(17)4)24-21-23-15-8-6-13(12(2)3)11-18(15)28-21;1-10(2)11-4-6-13-16(9-11)26-19(21-13)22-18-20-14-8-12(17(24)25)5-7-15(14)23(18)3;1-6(2)7-3-4-8-9(5-7)13-10(11)12-8;1-6(2)7-3-4-8-9(5-7)12-10(13)11-8;1-6(2)7-3-4-8(10(12)13)9(11)5-7;1-6(2)7-3-4-8(10)9(11)5-7;1-7(2)8-4-3-5-9(10)6-8/h8-14H,5-7H2,1-4H3,(H,24,25,26);6-12H,5H2,1-4H3,(H,22,23,24);4-10H,1-3H3,(H,24,25)(H,20,21,22);3-6H,1-2H3;3-6H,1-2H3,(H,11,13);3-6,11H,1-2H3;3-6,11H,10H2,1-2H3;3-7,10H,1-2H3. The van der Waals surface area contributed by atoms with Crippen LogP contribution in [0.5, 0.6) is 17.2 Å². The molecular formula is C110H123ClN16O15S. The van der Waals surface area contributed by atoms with Gasteiger partial charge >= 0.3 is 35.7 Å². The van der Waals surface area contributed by atoms with Crippen molar-refractivity contribution in [3.05, 3.63) is 288 Å². The highest BCUT2D eigenvalue weighted by molar-refractivity contribution is 7.71. The number of nitrogen functional groups attached to an aromatic ring is 1. The second kappa shape index (κ2) is 47.5. The van der Waals surface area contributed by atoms with E-state index in [4.69, 9.17) is 66.6 Å². The largest absolute Gasteiger partial charge is 0.508 e. The summed E-state index contributed by atoms with van der Waals surface area (Å²) in [6, 6.07) is 64.3. The van der Waals surface area contributed by atoms with Crippen LogP contribution >= 0.6 is 23.8 Å². The number of carbonyl (C=O) groups is 3. The number of fused-ring (bicyclic) bond motifs is 8. The summed E-state index contributed by atoms with van der Waals surface area (Å²) in [5.74, 6) is 4.25. The number of ether oxygens (including phenoxy) is 1. The van der Waals surface area contributed by atoms with Crippen molar-refractivity contribution in [1.29, 1.82) is 0 Å². The summed E-state index contributed by atoms with van der Waals surface area (Å²) in [6.07, 6.45) is 2.48. The molecule has 8 aromatic heterocycles. The number of aromatic hydroxyl groups is 3. The molecule has 0 aliphatic heterocycles. The molecule has 0 aliphatic rings. The van der Waals surface area contributed by atoms with Crippen LogP contribution in [0.4, 0.5) is 47.3 Å². The van der Waals surface area contributed by atoms with Gasteiger partial charge in [-0.05, 0) is 275 Å². The van der Waals surface area contributed by atoms with Gasteiger partial charge in [-0.15, -0.1) is 0 Å². The highest BCUT2D eigenvalue weighted by atomic mass is 35.5. The molecule has 31 nitrogen and oxygen atoms in total. The van der Waals surface area contributed by atoms with Crippen molar-refractivity contribution < 1.29 is 66.6 Å². The molecule has 143 heavy (non-hydrogen) atoms. The molecule has 0 amide bonds. The summed E-state index contributed by atoms with van der Waals surface area (Å²) in [6.45, 7) is 37.9. The molecule has 0 atom stereocenters. The fourth-order valence-electron chi connectivity index (χ4n) is 14.9. The third-order valence-corrected chi connectivity index (χ3v) is 24.0. The zero-order valence-electron chi connectivity index (χ0n) is 84.1. The number of nitrogens with one attached hydrogen (secondary N) is 4. The van der Waals surface area contributed by atoms with Crippen LogP contribution in [-0.2, 0) is 25.9 Å². The van der Waals surface area contributed by atoms with E-state index in [0.29, 0.717) is 134 Å². The number of nitro benzene ring substituents is 1. The summed E-state index contributed by atoms with van der Waals surface area (Å²) >= 11 is 10.5. The van der Waals surface area contributed by atoms with E-state index < -0.39 is 10.9 Å². The lowest BCUT2D eigenvalue weighted by Gasteiger charge is -2.06. The Labute approximate surface area is 838 Å². The average molecular weight is 1980 g/mol. The smallest absolute Gasteiger partial charge is 0.338 e. The SMILES string of the molecule is CC(C)c1ccc(N)c(O)c1.CC(C)c1ccc([N+](=O)[O-])c(O)c1.CC(C)c1ccc2[nH]c(=S)oc2c1.CC(C)c1ccc2nc(Cl)oc2c1.CC(C)c1ccc2nc(Nc3nc4cc(C(=O)O)ccc4n3C)oc2c1.CC(C)c1cccc(O)c1.CCCCC(=O)c1ccc2c(c1)nc(Nc1nc3ccc(C(C)C)cc3o1)n2C.CCOC(=O)c1ccc2c(c1)nc(Nc1nc3ccc(C(C)C)cc3o1)n2C. The van der Waals surface area contributed by atoms with Crippen molar-refractivity contribution in [2.75, 3.05) is 28.3 Å². The molecule has 11 aromatic carbocycles. The van der Waals surface area contributed by atoms with Gasteiger partial charge in [0.1, 0.15) is 33.6 Å². The van der Waals surface area contributed by atoms with E-state index in [1.54, 1.807) is 67.6 Å². The number of esters is 1. The molecule has 0 saturated heterocycles. The fourth-order valence-corrected chi connectivity index (χ4v) is 15.2. The summed E-state index contributed by atoms with van der Waals surface area (Å²) < 4.78 is 38.8. The van der Waals surface area contributed by atoms with Crippen LogP contribution in [0.25, 0.3) is 88.6 Å². The number of carbonyl (C=O) groups excluding carboxylic acids is 2. The number of hydrogen-bond donors (Lipinski definition) is 9. The van der Waals surface area contributed by atoms with Gasteiger partial charge in [0.15, 0.2) is 39.4 Å². The van der Waals surface area contributed by atoms with Crippen molar-refractivity contribution in [2.45, 2.75) is 191 Å². The molecule has 0 spiro atoms. The summed E-state index contributed by atoms with van der Waals surface area (Å²) in [7, 11) is 5.66. The van der Waals surface area contributed by atoms with Gasteiger partial charge in [-0.3, -0.25) is 30.9 Å². The minimum absolute atomic E-state index is 0.161. The van der Waals surface area contributed by atoms with Crippen LogP contribution in [0.1, 0.15) is 267 Å². The first kappa shape index (κ1) is 106. The molecule has 19 aromatic rings. The lowest BCUT2D eigenvalue weighted by Crippen LogP contribution is -2.04. The van der Waals surface area contributed by atoms with Gasteiger partial charge < -0.3 is 71.7 Å². The van der Waals surface area contributed by atoms with Crippen molar-refractivity contribution in [1.82, 2.24) is 53.6 Å². The highest BCUT2D eigenvalue weighted by Gasteiger charge is 2.22. The molecule has 0 bridgehead atoms. The molecule has 19 rings (SSSR count). The molecule has 33 heteroatoms. The van der Waals surface area contributed by atoms with E-state index in [1.165, 1.54) is 45.5 Å². The summed E-state index contributed by atoms with van der Waals surface area (Å²) in [5.41, 5.74) is 28.9. The summed E-state index contributed by atoms with van der Waals surface area (Å²) in [4.78, 5) is 79.7. The zero-order valence-corrected chi connectivity index (χ0v) is 85.7. The predicted molar refractivity (Wildman–Crippen MR) is 569 cm³/mol. The molecule has 0 fully saturated rings. The number of aromatic amines is 1. The van der Waals surface area contributed by atoms with Crippen molar-refractivity contribution in [2.24, 2.45) is 21.1 Å². The van der Waals surface area contributed by atoms with E-state index in [9.17, 15) is 34.7 Å². The number of H-pyrrole nitrogens is 1. The maximum absolute atomic E-state index is 12.3. The number of Topliss-reactive ketones (excluding diaryl/α,β-unsaturated/α-hetero) is 1. The number of rotatable bonds is 22. The van der Waals surface area contributed by atoms with Gasteiger partial charge in [-0.1, -0.05) is 179 Å². The number of carboxylic acids is 1. The lowest BCUT2D eigenvalue weighted by molar-refractivity contribution is -0.385. The lowest BCUT2D eigenvalue weighted by atomic mass is 10.0. The molecule has 746 valence electrons. The Kier molecular flexibility index (Phi) is 35.3. The third-order valence-electron chi connectivity index (χ3n) is 23.7. The van der Waals surface area contributed by atoms with Crippen molar-refractivity contribution in [3.8, 4) is 17.2 Å². The number of imidazole rings is 3. The van der Waals surface area contributed by atoms with Gasteiger partial charge in [0, 0.05) is 39.2 Å². The Bertz CT molecular complexity index is 7780. The van der Waals surface area contributed by atoms with Crippen LogP contribution < -0.4 is 21.7 Å². The molecule has 0 radical (unpaired) electrons.